The minimum absolute atomic E-state index is 0.0556. The summed E-state index contributed by atoms with van der Waals surface area (Å²) in [5.41, 5.74) is 2.41. The minimum Gasteiger partial charge on any atom is -0.327 e. The second-order valence-corrected chi connectivity index (χ2v) is 5.82. The number of aryl methyl sites for hydroxylation is 1. The smallest absolute Gasteiger partial charge is 0.266 e. The first-order chi connectivity index (χ1) is 11.5. The number of halogens is 1. The highest BCUT2D eigenvalue weighted by Gasteiger charge is 2.34. The predicted octanol–water partition coefficient (Wildman–Crippen LogP) is 3.43. The summed E-state index contributed by atoms with van der Waals surface area (Å²) in [7, 11) is 0. The lowest BCUT2D eigenvalue weighted by Gasteiger charge is -2.38. The van der Waals surface area contributed by atoms with Gasteiger partial charge in [-0.3, -0.25) is 4.79 Å². The van der Waals surface area contributed by atoms with Crippen molar-refractivity contribution in [2.75, 3.05) is 4.90 Å². The van der Waals surface area contributed by atoms with Crippen LogP contribution in [0.25, 0.3) is 0 Å². The maximum Gasteiger partial charge on any atom is 0.266 e. The molecule has 1 aliphatic rings. The van der Waals surface area contributed by atoms with Gasteiger partial charge in [0.2, 0.25) is 0 Å². The van der Waals surface area contributed by atoms with Crippen molar-refractivity contribution in [1.82, 2.24) is 5.32 Å². The van der Waals surface area contributed by atoms with Crippen molar-refractivity contribution >= 4 is 24.2 Å². The molecule has 0 fully saturated rings. The Bertz CT molecular complexity index is 871. The van der Waals surface area contributed by atoms with E-state index in [0.29, 0.717) is 5.56 Å². The molecular weight excluding hydrogens is 325 g/mol. The highest BCUT2D eigenvalue weighted by Crippen LogP contribution is 2.37. The Labute approximate surface area is 144 Å². The van der Waals surface area contributed by atoms with Crippen LogP contribution in [0.4, 0.5) is 10.1 Å². The number of anilines is 1. The van der Waals surface area contributed by atoms with E-state index < -0.39 is 12.1 Å². The van der Waals surface area contributed by atoms with Crippen LogP contribution >= 0.6 is 12.6 Å². The topological polar surface area (TPSA) is 56.1 Å². The van der Waals surface area contributed by atoms with Gasteiger partial charge in [0, 0.05) is 5.69 Å². The van der Waals surface area contributed by atoms with Gasteiger partial charge < -0.3 is 10.2 Å². The van der Waals surface area contributed by atoms with Crippen molar-refractivity contribution in [3.05, 3.63) is 76.1 Å². The van der Waals surface area contributed by atoms with Gasteiger partial charge in [-0.25, -0.2) is 4.39 Å². The summed E-state index contributed by atoms with van der Waals surface area (Å²) < 4.78 is 13.2. The van der Waals surface area contributed by atoms with Crippen molar-refractivity contribution in [3.63, 3.8) is 0 Å². The maximum absolute atomic E-state index is 13.2. The van der Waals surface area contributed by atoms with E-state index in [1.807, 2.05) is 37.3 Å². The van der Waals surface area contributed by atoms with E-state index in [0.717, 1.165) is 11.3 Å². The molecule has 0 bridgehead atoms. The quantitative estimate of drug-likeness (QED) is 0.824. The summed E-state index contributed by atoms with van der Waals surface area (Å²) >= 11 is 4.43. The second kappa shape index (κ2) is 6.38. The standard InChI is InChI=1S/C18H14FN3OS/c1-11-4-2-3-5-15(11)22-16(12-6-8-13(19)9-7-12)21-17(23)14(10-20)18(22)24/h2-9,16,24H,1H3,(H,21,23). The molecule has 1 heterocycles. The Kier molecular flexibility index (Phi) is 4.28. The highest BCUT2D eigenvalue weighted by atomic mass is 32.1. The Morgan fingerprint density at radius 1 is 1.21 bits per heavy atom. The van der Waals surface area contributed by atoms with Crippen molar-refractivity contribution < 1.29 is 9.18 Å². The number of carbonyl (C=O) groups excluding carboxylic acids is 1. The van der Waals surface area contributed by atoms with Crippen LogP contribution in [0.5, 0.6) is 0 Å². The van der Waals surface area contributed by atoms with Crippen molar-refractivity contribution in [3.8, 4) is 6.07 Å². The molecule has 120 valence electrons. The molecule has 1 unspecified atom stereocenters. The van der Waals surface area contributed by atoms with Gasteiger partial charge in [0.25, 0.3) is 5.91 Å². The van der Waals surface area contributed by atoms with E-state index in [1.54, 1.807) is 17.0 Å². The van der Waals surface area contributed by atoms with Gasteiger partial charge in [-0.15, -0.1) is 12.6 Å². The first-order valence-electron chi connectivity index (χ1n) is 7.27. The largest absolute Gasteiger partial charge is 0.327 e. The molecule has 0 spiro atoms. The van der Waals surface area contributed by atoms with E-state index in [-0.39, 0.29) is 16.4 Å². The molecule has 3 rings (SSSR count). The number of hydrogen-bond acceptors (Lipinski definition) is 4. The van der Waals surface area contributed by atoms with Gasteiger partial charge in [-0.2, -0.15) is 5.26 Å². The van der Waals surface area contributed by atoms with Gasteiger partial charge in [0.05, 0.1) is 5.03 Å². The zero-order valence-corrected chi connectivity index (χ0v) is 13.7. The second-order valence-electron chi connectivity index (χ2n) is 5.39. The number of nitriles is 1. The van der Waals surface area contributed by atoms with Crippen molar-refractivity contribution in [2.45, 2.75) is 13.1 Å². The lowest BCUT2D eigenvalue weighted by Crippen LogP contribution is -2.46. The molecule has 1 aliphatic heterocycles. The Balaban J connectivity index is 2.19. The number of amides is 1. The molecule has 1 atom stereocenters. The third kappa shape index (κ3) is 2.74. The fourth-order valence-electron chi connectivity index (χ4n) is 2.67. The van der Waals surface area contributed by atoms with E-state index in [9.17, 15) is 14.4 Å². The molecule has 24 heavy (non-hydrogen) atoms. The van der Waals surface area contributed by atoms with Gasteiger partial charge in [0.15, 0.2) is 0 Å². The van der Waals surface area contributed by atoms with Crippen LogP contribution in [-0.4, -0.2) is 5.91 Å². The van der Waals surface area contributed by atoms with Crippen LogP contribution in [0, 0.1) is 24.1 Å². The summed E-state index contributed by atoms with van der Waals surface area (Å²) in [5, 5.41) is 12.3. The molecule has 2 aromatic rings. The number of carbonyl (C=O) groups is 1. The Morgan fingerprint density at radius 2 is 1.88 bits per heavy atom. The number of nitrogens with one attached hydrogen (secondary N) is 1. The number of para-hydroxylation sites is 1. The van der Waals surface area contributed by atoms with Crippen LogP contribution in [0.1, 0.15) is 17.3 Å². The number of hydrogen-bond donors (Lipinski definition) is 2. The summed E-state index contributed by atoms with van der Waals surface area (Å²) in [6, 6.07) is 15.3. The average Bonchev–Trinajstić information content (AvgIpc) is 2.57. The van der Waals surface area contributed by atoms with Crippen molar-refractivity contribution in [1.29, 1.82) is 5.26 Å². The fraction of sp³-hybridized carbons (Fsp3) is 0.111. The van der Waals surface area contributed by atoms with E-state index in [2.05, 4.69) is 17.9 Å². The molecule has 1 N–H and O–H groups in total. The number of thiol groups is 1. The zero-order valence-electron chi connectivity index (χ0n) is 12.8. The highest BCUT2D eigenvalue weighted by molar-refractivity contribution is 7.84. The maximum atomic E-state index is 13.2. The van der Waals surface area contributed by atoms with Gasteiger partial charge >= 0.3 is 0 Å². The van der Waals surface area contributed by atoms with E-state index in [1.165, 1.54) is 12.1 Å². The Hall–Kier alpha value is -2.78. The Morgan fingerprint density at radius 3 is 2.50 bits per heavy atom. The molecule has 6 heteroatoms. The van der Waals surface area contributed by atoms with Crippen LogP contribution in [-0.2, 0) is 4.79 Å². The third-order valence-electron chi connectivity index (χ3n) is 3.88. The van der Waals surface area contributed by atoms with Crippen LogP contribution in [0.2, 0.25) is 0 Å². The zero-order chi connectivity index (χ0) is 17.3. The first-order valence-corrected chi connectivity index (χ1v) is 7.72. The number of benzene rings is 2. The lowest BCUT2D eigenvalue weighted by molar-refractivity contribution is -0.118. The fourth-order valence-corrected chi connectivity index (χ4v) is 3.05. The number of rotatable bonds is 2. The summed E-state index contributed by atoms with van der Waals surface area (Å²) in [6.07, 6.45) is -0.580. The molecule has 2 aromatic carbocycles. The van der Waals surface area contributed by atoms with Gasteiger partial charge in [0.1, 0.15) is 23.6 Å². The lowest BCUT2D eigenvalue weighted by atomic mass is 10.1. The summed E-state index contributed by atoms with van der Waals surface area (Å²) in [5.74, 6) is -0.857. The number of nitrogens with zero attached hydrogens (tertiary/aromatic N) is 2. The van der Waals surface area contributed by atoms with Crippen LogP contribution in [0.3, 0.4) is 0 Å². The normalized spacial score (nSPS) is 17.5. The summed E-state index contributed by atoms with van der Waals surface area (Å²) in [6.45, 7) is 1.93. The molecule has 1 amide bonds. The average molecular weight is 339 g/mol. The molecule has 0 aromatic heterocycles. The molecule has 0 saturated carbocycles. The minimum atomic E-state index is -0.580. The third-order valence-corrected chi connectivity index (χ3v) is 4.32. The molecular formula is C18H14FN3OS. The SMILES string of the molecule is Cc1ccccc1N1C(S)=C(C#N)C(=O)NC1c1ccc(F)cc1. The van der Waals surface area contributed by atoms with Crippen LogP contribution < -0.4 is 10.2 Å². The molecule has 4 nitrogen and oxygen atoms in total. The van der Waals surface area contributed by atoms with Gasteiger partial charge in [-0.1, -0.05) is 30.3 Å². The monoisotopic (exact) mass is 339 g/mol. The molecule has 0 radical (unpaired) electrons. The first kappa shape index (κ1) is 16.1. The predicted molar refractivity (Wildman–Crippen MR) is 92.6 cm³/mol. The van der Waals surface area contributed by atoms with Crippen LogP contribution in [0.15, 0.2) is 59.1 Å². The molecule has 0 saturated heterocycles. The van der Waals surface area contributed by atoms with Gasteiger partial charge in [-0.05, 0) is 36.2 Å². The van der Waals surface area contributed by atoms with Crippen molar-refractivity contribution in [2.24, 2.45) is 0 Å². The molecule has 0 aliphatic carbocycles. The summed E-state index contributed by atoms with van der Waals surface area (Å²) in [4.78, 5) is 14.0. The van der Waals surface area contributed by atoms with E-state index >= 15 is 0 Å². The van der Waals surface area contributed by atoms with E-state index in [4.69, 9.17) is 0 Å².